The number of nitrogens with zero attached hydrogens (tertiary/aromatic N) is 1. The minimum Gasteiger partial charge on any atom is -0.486 e. The summed E-state index contributed by atoms with van der Waals surface area (Å²) in [5, 5.41) is 6.47. The van der Waals surface area contributed by atoms with E-state index in [4.69, 9.17) is 4.74 Å². The number of hydrogen-bond donors (Lipinski definition) is 2. The van der Waals surface area contributed by atoms with Crippen LogP contribution in [-0.2, 0) is 0 Å². The fourth-order valence-electron chi connectivity index (χ4n) is 1.78. The maximum absolute atomic E-state index is 13.5. The second-order valence-electron chi connectivity index (χ2n) is 4.85. The van der Waals surface area contributed by atoms with E-state index >= 15 is 0 Å². The number of ether oxygens (including phenoxy) is 1. The van der Waals surface area contributed by atoms with Gasteiger partial charge in [-0.25, -0.2) is 9.38 Å². The molecule has 0 spiro atoms. The molecule has 0 aliphatic carbocycles. The Morgan fingerprint density at radius 2 is 2.09 bits per heavy atom. The lowest BCUT2D eigenvalue weighted by Gasteiger charge is -2.15. The van der Waals surface area contributed by atoms with Crippen LogP contribution in [0.2, 0.25) is 0 Å². The molecule has 0 bridgehead atoms. The lowest BCUT2D eigenvalue weighted by molar-refractivity contribution is 0.220. The summed E-state index contributed by atoms with van der Waals surface area (Å²) in [5.74, 6) is 1.82. The zero-order valence-corrected chi connectivity index (χ0v) is 17.1. The van der Waals surface area contributed by atoms with Gasteiger partial charge in [-0.3, -0.25) is 0 Å². The van der Waals surface area contributed by atoms with Crippen molar-refractivity contribution in [1.29, 1.82) is 0 Å². The quantitative estimate of drug-likeness (QED) is 0.259. The predicted molar refractivity (Wildman–Crippen MR) is 109 cm³/mol. The van der Waals surface area contributed by atoms with Crippen molar-refractivity contribution >= 4 is 41.7 Å². The minimum absolute atomic E-state index is 0. The summed E-state index contributed by atoms with van der Waals surface area (Å²) in [6.07, 6.45) is 2.99. The first-order valence-corrected chi connectivity index (χ1v) is 8.99. The lowest BCUT2D eigenvalue weighted by atomic mass is 10.3. The monoisotopic (exact) mass is 455 g/mol. The third kappa shape index (κ3) is 9.91. The van der Waals surface area contributed by atoms with Crippen molar-refractivity contribution in [2.75, 3.05) is 31.6 Å². The van der Waals surface area contributed by atoms with E-state index in [2.05, 4.69) is 21.9 Å². The van der Waals surface area contributed by atoms with E-state index in [1.807, 2.05) is 25.6 Å². The van der Waals surface area contributed by atoms with E-state index in [0.29, 0.717) is 6.54 Å². The molecule has 0 aromatic heterocycles. The van der Waals surface area contributed by atoms with Gasteiger partial charge in [0.1, 0.15) is 6.10 Å². The highest BCUT2D eigenvalue weighted by molar-refractivity contribution is 14.0. The Morgan fingerprint density at radius 3 is 2.74 bits per heavy atom. The number of nitrogens with one attached hydrogen (secondary N) is 2. The summed E-state index contributed by atoms with van der Waals surface area (Å²) in [6.45, 7) is 6.06. The Kier molecular flexibility index (Phi) is 13.3. The first kappa shape index (κ1) is 22.3. The summed E-state index contributed by atoms with van der Waals surface area (Å²) in [5.41, 5.74) is 0. The number of thioether (sulfide) groups is 1. The number of rotatable bonds is 9. The van der Waals surface area contributed by atoms with Gasteiger partial charge in [-0.2, -0.15) is 11.8 Å². The van der Waals surface area contributed by atoms with Gasteiger partial charge in [0.15, 0.2) is 17.5 Å². The molecule has 23 heavy (non-hydrogen) atoms. The Bertz CT molecular complexity index is 463. The molecular weight excluding hydrogens is 428 g/mol. The summed E-state index contributed by atoms with van der Waals surface area (Å²) < 4.78 is 19.1. The maximum atomic E-state index is 13.5. The molecule has 1 rings (SSSR count). The third-order valence-corrected chi connectivity index (χ3v) is 3.53. The molecule has 0 saturated heterocycles. The van der Waals surface area contributed by atoms with E-state index in [1.165, 1.54) is 6.07 Å². The Balaban J connectivity index is 0.00000484. The molecule has 1 atom stereocenters. The van der Waals surface area contributed by atoms with Crippen molar-refractivity contribution in [3.8, 4) is 5.75 Å². The predicted octanol–water partition coefficient (Wildman–Crippen LogP) is 3.52. The molecular formula is C16H27FIN3OS. The van der Waals surface area contributed by atoms with Crippen LogP contribution in [0, 0.1) is 5.82 Å². The zero-order chi connectivity index (χ0) is 16.2. The van der Waals surface area contributed by atoms with E-state index in [0.717, 1.165) is 31.2 Å². The Morgan fingerprint density at radius 1 is 1.35 bits per heavy atom. The first-order valence-electron chi connectivity index (χ1n) is 7.59. The lowest BCUT2D eigenvalue weighted by Crippen LogP contribution is -2.38. The summed E-state index contributed by atoms with van der Waals surface area (Å²) in [7, 11) is 0. The highest BCUT2D eigenvalue weighted by atomic mass is 127. The first-order chi connectivity index (χ1) is 10.7. The van der Waals surface area contributed by atoms with Crippen LogP contribution >= 0.6 is 35.7 Å². The van der Waals surface area contributed by atoms with Gasteiger partial charge in [-0.15, -0.1) is 24.0 Å². The van der Waals surface area contributed by atoms with Crippen LogP contribution in [-0.4, -0.2) is 43.7 Å². The summed E-state index contributed by atoms with van der Waals surface area (Å²) >= 11 is 1.83. The van der Waals surface area contributed by atoms with Gasteiger partial charge < -0.3 is 15.4 Å². The highest BCUT2D eigenvalue weighted by Crippen LogP contribution is 2.16. The highest BCUT2D eigenvalue weighted by Gasteiger charge is 2.07. The summed E-state index contributed by atoms with van der Waals surface area (Å²) in [4.78, 5) is 4.48. The van der Waals surface area contributed by atoms with E-state index in [9.17, 15) is 4.39 Å². The Hall–Kier alpha value is -0.700. The average molecular weight is 455 g/mol. The van der Waals surface area contributed by atoms with E-state index in [-0.39, 0.29) is 41.6 Å². The molecule has 132 valence electrons. The van der Waals surface area contributed by atoms with Crippen molar-refractivity contribution in [1.82, 2.24) is 10.6 Å². The van der Waals surface area contributed by atoms with Gasteiger partial charge in [0, 0.05) is 13.1 Å². The Labute approximate surface area is 160 Å². The second-order valence-corrected chi connectivity index (χ2v) is 5.84. The van der Waals surface area contributed by atoms with Crippen molar-refractivity contribution < 1.29 is 9.13 Å². The molecule has 0 aliphatic rings. The molecule has 1 unspecified atom stereocenters. The van der Waals surface area contributed by atoms with Crippen LogP contribution in [0.25, 0.3) is 0 Å². The zero-order valence-electron chi connectivity index (χ0n) is 14.0. The van der Waals surface area contributed by atoms with Gasteiger partial charge in [-0.05, 0) is 44.4 Å². The van der Waals surface area contributed by atoms with Crippen LogP contribution in [0.15, 0.2) is 29.3 Å². The molecule has 4 nitrogen and oxygen atoms in total. The topological polar surface area (TPSA) is 45.7 Å². The third-order valence-electron chi connectivity index (χ3n) is 2.83. The molecule has 1 aromatic carbocycles. The number of aliphatic imine (C=N–C) groups is 1. The molecule has 2 N–H and O–H groups in total. The van der Waals surface area contributed by atoms with Crippen LogP contribution < -0.4 is 15.4 Å². The number of hydrogen-bond acceptors (Lipinski definition) is 3. The molecule has 0 aliphatic heterocycles. The fourth-order valence-corrected chi connectivity index (χ4v) is 2.21. The minimum atomic E-state index is -0.347. The number of benzene rings is 1. The number of guanidine groups is 1. The molecule has 1 aromatic rings. The molecule has 0 radical (unpaired) electrons. The largest absolute Gasteiger partial charge is 0.486 e. The van der Waals surface area contributed by atoms with Crippen LogP contribution in [0.3, 0.4) is 0 Å². The number of halogens is 2. The van der Waals surface area contributed by atoms with Crippen molar-refractivity contribution in [3.05, 3.63) is 30.1 Å². The van der Waals surface area contributed by atoms with Crippen molar-refractivity contribution in [2.45, 2.75) is 26.4 Å². The second kappa shape index (κ2) is 13.7. The van der Waals surface area contributed by atoms with Gasteiger partial charge in [0.25, 0.3) is 0 Å². The molecule has 7 heteroatoms. The smallest absolute Gasteiger partial charge is 0.191 e. The molecule has 0 amide bonds. The van der Waals surface area contributed by atoms with Gasteiger partial charge in [0.05, 0.1) is 6.54 Å². The van der Waals surface area contributed by atoms with E-state index in [1.54, 1.807) is 18.2 Å². The van der Waals surface area contributed by atoms with Crippen LogP contribution in [0.4, 0.5) is 4.39 Å². The van der Waals surface area contributed by atoms with Crippen LogP contribution in [0.1, 0.15) is 20.3 Å². The van der Waals surface area contributed by atoms with Gasteiger partial charge >= 0.3 is 0 Å². The van der Waals surface area contributed by atoms with Crippen molar-refractivity contribution in [2.24, 2.45) is 4.99 Å². The maximum Gasteiger partial charge on any atom is 0.191 e. The van der Waals surface area contributed by atoms with Crippen LogP contribution in [0.5, 0.6) is 5.75 Å². The SMILES string of the molecule is CCNC(=NCC(C)Oc1ccccc1F)NCCCSC.I. The van der Waals surface area contributed by atoms with Gasteiger partial charge in [-0.1, -0.05) is 12.1 Å². The van der Waals surface area contributed by atoms with Gasteiger partial charge in [0.2, 0.25) is 0 Å². The average Bonchev–Trinajstić information content (AvgIpc) is 2.51. The molecule has 0 fully saturated rings. The molecule has 0 heterocycles. The van der Waals surface area contributed by atoms with Crippen molar-refractivity contribution in [3.63, 3.8) is 0 Å². The standard InChI is InChI=1S/C16H26FN3OS.HI/c1-4-18-16(19-10-7-11-22-3)20-12-13(2)21-15-9-6-5-8-14(15)17;/h5-6,8-9,13H,4,7,10-12H2,1-3H3,(H2,18,19,20);1H. The normalized spacial score (nSPS) is 12.3. The molecule has 0 saturated carbocycles. The number of para-hydroxylation sites is 1. The summed E-state index contributed by atoms with van der Waals surface area (Å²) in [6, 6.07) is 6.42. The fraction of sp³-hybridized carbons (Fsp3) is 0.562. The van der Waals surface area contributed by atoms with E-state index < -0.39 is 0 Å².